The third-order valence-corrected chi connectivity index (χ3v) is 6.82. The van der Waals surface area contributed by atoms with Crippen LogP contribution in [0.25, 0.3) is 0 Å². The van der Waals surface area contributed by atoms with Gasteiger partial charge in [-0.2, -0.15) is 0 Å². The van der Waals surface area contributed by atoms with Gasteiger partial charge in [-0.3, -0.25) is 4.79 Å². The number of ketones is 1. The zero-order chi connectivity index (χ0) is 18.4. The first-order valence-corrected chi connectivity index (χ1v) is 11.1. The van der Waals surface area contributed by atoms with Crippen molar-refractivity contribution in [3.8, 4) is 0 Å². The van der Waals surface area contributed by atoms with Crippen molar-refractivity contribution in [1.82, 2.24) is 4.90 Å². The quantitative estimate of drug-likeness (QED) is 0.448. The molecule has 27 heavy (non-hydrogen) atoms. The molecule has 1 aromatic rings. The predicted molar refractivity (Wildman–Crippen MR) is 118 cm³/mol. The van der Waals surface area contributed by atoms with E-state index in [0.29, 0.717) is 18.4 Å². The van der Waals surface area contributed by atoms with E-state index in [1.54, 1.807) is 0 Å². The Morgan fingerprint density at radius 1 is 1.04 bits per heavy atom. The standard InChI is InChI=1S/C23H34ClNO.ClH/c1-2-25(20-11-7-4-8-12-20)16-15-23(26)19-13-14-21(22(24)17-19)18-9-5-3-6-10-18;/h13-14,17-18,20H,2-12,15-16H2,1H3;1H. The van der Waals surface area contributed by atoms with Gasteiger partial charge in [0, 0.05) is 29.6 Å². The summed E-state index contributed by atoms with van der Waals surface area (Å²) in [6.45, 7) is 4.14. The fourth-order valence-corrected chi connectivity index (χ4v) is 5.21. The first-order chi connectivity index (χ1) is 12.7. The monoisotopic (exact) mass is 411 g/mol. The van der Waals surface area contributed by atoms with Gasteiger partial charge in [-0.05, 0) is 49.8 Å². The number of benzene rings is 1. The molecule has 2 aliphatic rings. The second-order valence-corrected chi connectivity index (χ2v) is 8.57. The van der Waals surface area contributed by atoms with Crippen molar-refractivity contribution in [3.63, 3.8) is 0 Å². The van der Waals surface area contributed by atoms with Crippen LogP contribution in [0.3, 0.4) is 0 Å². The Balaban J connectivity index is 0.00000261. The number of Topliss-reactive ketones (excluding diaryl/α,β-unsaturated/α-hetero) is 1. The average Bonchev–Trinajstić information content (AvgIpc) is 2.69. The lowest BCUT2D eigenvalue weighted by atomic mass is 9.83. The Hall–Kier alpha value is -0.570. The lowest BCUT2D eigenvalue weighted by Gasteiger charge is -2.33. The molecule has 2 aliphatic carbocycles. The number of carbonyl (C=O) groups excluding carboxylic acids is 1. The summed E-state index contributed by atoms with van der Waals surface area (Å²) in [6, 6.07) is 6.73. The van der Waals surface area contributed by atoms with E-state index in [9.17, 15) is 4.79 Å². The van der Waals surface area contributed by atoms with Crippen LogP contribution < -0.4 is 0 Å². The maximum absolute atomic E-state index is 12.7. The molecule has 0 bridgehead atoms. The van der Waals surface area contributed by atoms with Gasteiger partial charge < -0.3 is 4.90 Å². The highest BCUT2D eigenvalue weighted by Gasteiger charge is 2.22. The van der Waals surface area contributed by atoms with E-state index in [0.717, 1.165) is 23.7 Å². The fraction of sp³-hybridized carbons (Fsp3) is 0.696. The first-order valence-electron chi connectivity index (χ1n) is 10.8. The van der Waals surface area contributed by atoms with E-state index in [4.69, 9.17) is 11.6 Å². The Labute approximate surface area is 176 Å². The summed E-state index contributed by atoms with van der Waals surface area (Å²) >= 11 is 6.56. The summed E-state index contributed by atoms with van der Waals surface area (Å²) in [6.07, 6.45) is 13.7. The van der Waals surface area contributed by atoms with Crippen molar-refractivity contribution in [1.29, 1.82) is 0 Å². The highest BCUT2D eigenvalue weighted by molar-refractivity contribution is 6.31. The summed E-state index contributed by atoms with van der Waals surface area (Å²) in [5, 5.41) is 0.794. The van der Waals surface area contributed by atoms with Crippen molar-refractivity contribution in [2.45, 2.75) is 89.5 Å². The average molecular weight is 412 g/mol. The van der Waals surface area contributed by atoms with Crippen LogP contribution in [0, 0.1) is 0 Å². The summed E-state index contributed by atoms with van der Waals surface area (Å²) < 4.78 is 0. The number of halogens is 2. The lowest BCUT2D eigenvalue weighted by molar-refractivity contribution is 0.0939. The van der Waals surface area contributed by atoms with Gasteiger partial charge >= 0.3 is 0 Å². The highest BCUT2D eigenvalue weighted by atomic mass is 35.5. The van der Waals surface area contributed by atoms with Crippen molar-refractivity contribution >= 4 is 29.8 Å². The zero-order valence-electron chi connectivity index (χ0n) is 16.7. The van der Waals surface area contributed by atoms with Crippen LogP contribution in [0.1, 0.15) is 99.4 Å². The van der Waals surface area contributed by atoms with Crippen molar-refractivity contribution in [2.24, 2.45) is 0 Å². The van der Waals surface area contributed by atoms with Gasteiger partial charge in [-0.1, -0.05) is 69.2 Å². The molecular formula is C23H35Cl2NO. The molecule has 0 N–H and O–H groups in total. The summed E-state index contributed by atoms with van der Waals surface area (Å²) in [4.78, 5) is 15.2. The second-order valence-electron chi connectivity index (χ2n) is 8.16. The number of nitrogens with zero attached hydrogens (tertiary/aromatic N) is 1. The van der Waals surface area contributed by atoms with Crippen LogP contribution in [-0.2, 0) is 0 Å². The molecule has 1 aromatic carbocycles. The molecule has 0 aromatic heterocycles. The molecule has 0 heterocycles. The van der Waals surface area contributed by atoms with Crippen molar-refractivity contribution in [3.05, 3.63) is 34.3 Å². The molecule has 152 valence electrons. The van der Waals surface area contributed by atoms with Gasteiger partial charge in [-0.25, -0.2) is 0 Å². The molecule has 2 saturated carbocycles. The van der Waals surface area contributed by atoms with Crippen LogP contribution in [0.4, 0.5) is 0 Å². The Bertz CT molecular complexity index is 592. The molecule has 0 spiro atoms. The molecular weight excluding hydrogens is 377 g/mol. The molecule has 0 aliphatic heterocycles. The minimum absolute atomic E-state index is 0. The molecule has 4 heteroatoms. The van der Waals surface area contributed by atoms with Gasteiger partial charge in [0.1, 0.15) is 0 Å². The SMILES string of the molecule is CCN(CCC(=O)c1ccc(C2CCCCC2)c(Cl)c1)C1CCCCC1.Cl. The van der Waals surface area contributed by atoms with Crippen LogP contribution in [-0.4, -0.2) is 29.8 Å². The Morgan fingerprint density at radius 3 is 2.26 bits per heavy atom. The fourth-order valence-electron chi connectivity index (χ4n) is 4.88. The van der Waals surface area contributed by atoms with Gasteiger partial charge in [0.05, 0.1) is 0 Å². The largest absolute Gasteiger partial charge is 0.300 e. The predicted octanol–water partition coefficient (Wildman–Crippen LogP) is 7.04. The number of hydrogen-bond donors (Lipinski definition) is 0. The van der Waals surface area contributed by atoms with E-state index < -0.39 is 0 Å². The summed E-state index contributed by atoms with van der Waals surface area (Å²) in [7, 11) is 0. The van der Waals surface area contributed by atoms with Gasteiger partial charge in [-0.15, -0.1) is 12.4 Å². The van der Waals surface area contributed by atoms with Crippen molar-refractivity contribution < 1.29 is 4.79 Å². The van der Waals surface area contributed by atoms with Gasteiger partial charge in [0.25, 0.3) is 0 Å². The molecule has 0 unspecified atom stereocenters. The zero-order valence-corrected chi connectivity index (χ0v) is 18.3. The third kappa shape index (κ3) is 6.21. The van der Waals surface area contributed by atoms with Gasteiger partial charge in [0.15, 0.2) is 5.78 Å². The highest BCUT2D eigenvalue weighted by Crippen LogP contribution is 2.36. The third-order valence-electron chi connectivity index (χ3n) is 6.49. The van der Waals surface area contributed by atoms with Crippen LogP contribution >= 0.6 is 24.0 Å². The molecule has 3 rings (SSSR count). The summed E-state index contributed by atoms with van der Waals surface area (Å²) in [5.74, 6) is 0.818. The van der Waals surface area contributed by atoms with E-state index in [1.807, 2.05) is 12.1 Å². The molecule has 0 saturated heterocycles. The normalized spacial score (nSPS) is 19.1. The maximum Gasteiger partial charge on any atom is 0.164 e. The lowest BCUT2D eigenvalue weighted by Crippen LogP contribution is -2.38. The number of hydrogen-bond acceptors (Lipinski definition) is 2. The van der Waals surface area contributed by atoms with Crippen LogP contribution in [0.15, 0.2) is 18.2 Å². The minimum Gasteiger partial charge on any atom is -0.300 e. The van der Waals surface area contributed by atoms with E-state index in [-0.39, 0.29) is 18.2 Å². The van der Waals surface area contributed by atoms with Crippen LogP contribution in [0.2, 0.25) is 5.02 Å². The second kappa shape index (κ2) is 11.4. The topological polar surface area (TPSA) is 20.3 Å². The Kier molecular flexibility index (Phi) is 9.62. The minimum atomic E-state index is 0. The van der Waals surface area contributed by atoms with E-state index in [1.165, 1.54) is 69.8 Å². The molecule has 0 atom stereocenters. The summed E-state index contributed by atoms with van der Waals surface area (Å²) in [5.41, 5.74) is 2.04. The van der Waals surface area contributed by atoms with E-state index in [2.05, 4.69) is 17.9 Å². The molecule has 0 amide bonds. The molecule has 0 radical (unpaired) electrons. The smallest absolute Gasteiger partial charge is 0.164 e. The van der Waals surface area contributed by atoms with Crippen molar-refractivity contribution in [2.75, 3.05) is 13.1 Å². The Morgan fingerprint density at radius 2 is 1.67 bits per heavy atom. The molecule has 2 nitrogen and oxygen atoms in total. The van der Waals surface area contributed by atoms with Crippen LogP contribution in [0.5, 0.6) is 0 Å². The number of carbonyl (C=O) groups is 1. The van der Waals surface area contributed by atoms with Gasteiger partial charge in [0.2, 0.25) is 0 Å². The first kappa shape index (κ1) is 22.7. The number of rotatable bonds is 7. The van der Waals surface area contributed by atoms with E-state index >= 15 is 0 Å². The maximum atomic E-state index is 12.7. The molecule has 2 fully saturated rings.